The van der Waals surface area contributed by atoms with Crippen LogP contribution in [0, 0.1) is 0 Å². The van der Waals surface area contributed by atoms with Crippen molar-refractivity contribution in [2.24, 2.45) is 0 Å². The normalized spacial score (nSPS) is 15.0. The van der Waals surface area contributed by atoms with Gasteiger partial charge in [0.1, 0.15) is 6.54 Å². The van der Waals surface area contributed by atoms with Gasteiger partial charge in [0.2, 0.25) is 11.7 Å². The zero-order valence-corrected chi connectivity index (χ0v) is 14.7. The fourth-order valence-electron chi connectivity index (χ4n) is 2.76. The Bertz CT molecular complexity index is 838. The van der Waals surface area contributed by atoms with Gasteiger partial charge in [0.05, 0.1) is 24.2 Å². The lowest BCUT2D eigenvalue weighted by molar-refractivity contribution is -0.147. The number of nitrogens with zero attached hydrogens (tertiary/aromatic N) is 2. The molecule has 1 aliphatic rings. The summed E-state index contributed by atoms with van der Waals surface area (Å²) in [6.45, 7) is 5.59. The molecular formula is C17H20F3N3O3. The maximum absolute atomic E-state index is 13.4. The number of fused-ring (bicyclic) bond motifs is 2. The highest BCUT2D eigenvalue weighted by Crippen LogP contribution is 2.37. The summed E-state index contributed by atoms with van der Waals surface area (Å²) in [6, 6.07) is 2.87. The van der Waals surface area contributed by atoms with Crippen LogP contribution in [0.1, 0.15) is 33.0 Å². The van der Waals surface area contributed by atoms with Crippen molar-refractivity contribution in [2.75, 3.05) is 13.2 Å². The molecule has 2 heterocycles. The molecule has 3 rings (SSSR count). The summed E-state index contributed by atoms with van der Waals surface area (Å²) in [5.74, 6) is -0.959. The van der Waals surface area contributed by atoms with E-state index in [-0.39, 0.29) is 11.0 Å². The zero-order chi connectivity index (χ0) is 19.1. The fraction of sp³-hybridized carbons (Fsp3) is 0.529. The Morgan fingerprint density at radius 1 is 1.19 bits per heavy atom. The molecule has 142 valence electrons. The SMILES string of the molecule is CC(C)(C)NC(=O)Cn1c(C(F)(F)F)nc2cc3c(cc21)OCCCO3. The van der Waals surface area contributed by atoms with E-state index in [2.05, 4.69) is 10.3 Å². The Morgan fingerprint density at radius 3 is 2.38 bits per heavy atom. The fourth-order valence-corrected chi connectivity index (χ4v) is 2.76. The van der Waals surface area contributed by atoms with Crippen molar-refractivity contribution in [3.63, 3.8) is 0 Å². The van der Waals surface area contributed by atoms with E-state index in [1.165, 1.54) is 12.1 Å². The van der Waals surface area contributed by atoms with Gasteiger partial charge in [-0.25, -0.2) is 4.98 Å². The summed E-state index contributed by atoms with van der Waals surface area (Å²) in [4.78, 5) is 15.9. The van der Waals surface area contributed by atoms with Crippen LogP contribution in [-0.2, 0) is 17.5 Å². The second-order valence-electron chi connectivity index (χ2n) is 7.16. The Morgan fingerprint density at radius 2 is 1.81 bits per heavy atom. The van der Waals surface area contributed by atoms with Crippen molar-refractivity contribution in [3.8, 4) is 11.5 Å². The van der Waals surface area contributed by atoms with Crippen molar-refractivity contribution in [3.05, 3.63) is 18.0 Å². The van der Waals surface area contributed by atoms with E-state index in [1.807, 2.05) is 0 Å². The highest BCUT2D eigenvalue weighted by atomic mass is 19.4. The van der Waals surface area contributed by atoms with Crippen molar-refractivity contribution < 1.29 is 27.4 Å². The van der Waals surface area contributed by atoms with Crippen LogP contribution in [0.2, 0.25) is 0 Å². The Kier molecular flexibility index (Phi) is 4.49. The van der Waals surface area contributed by atoms with Crippen LogP contribution < -0.4 is 14.8 Å². The number of hydrogen-bond acceptors (Lipinski definition) is 4. The molecule has 6 nitrogen and oxygen atoms in total. The first-order valence-corrected chi connectivity index (χ1v) is 8.23. The Labute approximate surface area is 148 Å². The number of carbonyl (C=O) groups excluding carboxylic acids is 1. The van der Waals surface area contributed by atoms with Crippen LogP contribution in [0.3, 0.4) is 0 Å². The number of alkyl halides is 3. The molecule has 2 aromatic rings. The van der Waals surface area contributed by atoms with Crippen LogP contribution >= 0.6 is 0 Å². The van der Waals surface area contributed by atoms with E-state index in [0.717, 1.165) is 4.57 Å². The lowest BCUT2D eigenvalue weighted by Gasteiger charge is -2.21. The van der Waals surface area contributed by atoms with Crippen LogP contribution in [0.5, 0.6) is 11.5 Å². The third-order valence-electron chi connectivity index (χ3n) is 3.69. The molecule has 1 aliphatic heterocycles. The molecule has 0 unspecified atom stereocenters. The smallest absolute Gasteiger partial charge is 0.449 e. The summed E-state index contributed by atoms with van der Waals surface area (Å²) in [5, 5.41) is 2.66. The second kappa shape index (κ2) is 6.37. The molecule has 26 heavy (non-hydrogen) atoms. The minimum Gasteiger partial charge on any atom is -0.489 e. The molecule has 0 saturated carbocycles. The minimum atomic E-state index is -4.69. The maximum atomic E-state index is 13.4. The molecular weight excluding hydrogens is 351 g/mol. The predicted molar refractivity (Wildman–Crippen MR) is 88.2 cm³/mol. The molecule has 0 fully saturated rings. The van der Waals surface area contributed by atoms with Gasteiger partial charge in [0.15, 0.2) is 11.5 Å². The molecule has 0 bridgehead atoms. The van der Waals surface area contributed by atoms with E-state index in [1.54, 1.807) is 20.8 Å². The van der Waals surface area contributed by atoms with E-state index in [9.17, 15) is 18.0 Å². The minimum absolute atomic E-state index is 0.102. The lowest BCUT2D eigenvalue weighted by atomic mass is 10.1. The van der Waals surface area contributed by atoms with Gasteiger partial charge in [0.25, 0.3) is 0 Å². The summed E-state index contributed by atoms with van der Waals surface area (Å²) in [5.41, 5.74) is -0.282. The number of halogens is 3. The second-order valence-corrected chi connectivity index (χ2v) is 7.16. The van der Waals surface area contributed by atoms with Gasteiger partial charge in [-0.05, 0) is 20.8 Å². The third-order valence-corrected chi connectivity index (χ3v) is 3.69. The molecule has 1 aromatic carbocycles. The quantitative estimate of drug-likeness (QED) is 0.881. The number of amides is 1. The van der Waals surface area contributed by atoms with E-state index < -0.39 is 30.0 Å². The van der Waals surface area contributed by atoms with Gasteiger partial charge in [-0.2, -0.15) is 13.2 Å². The first-order chi connectivity index (χ1) is 12.0. The maximum Gasteiger partial charge on any atom is 0.449 e. The van der Waals surface area contributed by atoms with Crippen LogP contribution in [0.4, 0.5) is 13.2 Å². The highest BCUT2D eigenvalue weighted by molar-refractivity contribution is 5.84. The Hall–Kier alpha value is -2.45. The number of imidazole rings is 1. The van der Waals surface area contributed by atoms with Crippen molar-refractivity contribution >= 4 is 16.9 Å². The zero-order valence-electron chi connectivity index (χ0n) is 14.7. The average Bonchev–Trinajstić information content (AvgIpc) is 2.68. The van der Waals surface area contributed by atoms with Crippen LogP contribution in [-0.4, -0.2) is 34.2 Å². The summed E-state index contributed by atoms with van der Waals surface area (Å²) < 4.78 is 52.2. The van der Waals surface area contributed by atoms with Gasteiger partial charge in [-0.3, -0.25) is 4.79 Å². The average molecular weight is 371 g/mol. The molecule has 1 N–H and O–H groups in total. The van der Waals surface area contributed by atoms with Gasteiger partial charge in [-0.1, -0.05) is 0 Å². The monoisotopic (exact) mass is 371 g/mol. The highest BCUT2D eigenvalue weighted by Gasteiger charge is 2.38. The summed E-state index contributed by atoms with van der Waals surface area (Å²) >= 11 is 0. The molecule has 9 heteroatoms. The predicted octanol–water partition coefficient (Wildman–Crippen LogP) is 3.13. The van der Waals surface area contributed by atoms with E-state index in [4.69, 9.17) is 9.47 Å². The molecule has 0 aliphatic carbocycles. The summed E-state index contributed by atoms with van der Waals surface area (Å²) in [7, 11) is 0. The number of carbonyl (C=O) groups is 1. The molecule has 1 amide bonds. The van der Waals surface area contributed by atoms with Gasteiger partial charge in [0, 0.05) is 24.1 Å². The van der Waals surface area contributed by atoms with Crippen LogP contribution in [0.25, 0.3) is 11.0 Å². The number of nitrogens with one attached hydrogen (secondary N) is 1. The number of benzene rings is 1. The standard InChI is InChI=1S/C17H20F3N3O3/c1-16(2,3)22-14(24)9-23-11-8-13-12(25-5-4-6-26-13)7-10(11)21-15(23)17(18,19)20/h7-8H,4-6,9H2,1-3H3,(H,22,24). The molecule has 0 atom stereocenters. The third kappa shape index (κ3) is 3.86. The molecule has 0 spiro atoms. The van der Waals surface area contributed by atoms with Gasteiger partial charge >= 0.3 is 6.18 Å². The molecule has 1 aromatic heterocycles. The topological polar surface area (TPSA) is 65.4 Å². The number of rotatable bonds is 2. The summed E-state index contributed by atoms with van der Waals surface area (Å²) in [6.07, 6.45) is -4.02. The van der Waals surface area contributed by atoms with Crippen LogP contribution in [0.15, 0.2) is 12.1 Å². The lowest BCUT2D eigenvalue weighted by Crippen LogP contribution is -2.42. The Balaban J connectivity index is 2.08. The van der Waals surface area contributed by atoms with Crippen molar-refractivity contribution in [2.45, 2.75) is 45.5 Å². The largest absolute Gasteiger partial charge is 0.489 e. The van der Waals surface area contributed by atoms with Crippen molar-refractivity contribution in [1.82, 2.24) is 14.9 Å². The van der Waals surface area contributed by atoms with E-state index >= 15 is 0 Å². The first kappa shape index (κ1) is 18.3. The van der Waals surface area contributed by atoms with Crippen molar-refractivity contribution in [1.29, 1.82) is 0 Å². The number of ether oxygens (including phenoxy) is 2. The first-order valence-electron chi connectivity index (χ1n) is 8.23. The number of aromatic nitrogens is 2. The number of hydrogen-bond donors (Lipinski definition) is 1. The van der Waals surface area contributed by atoms with E-state index in [0.29, 0.717) is 31.1 Å². The van der Waals surface area contributed by atoms with Gasteiger partial charge in [-0.15, -0.1) is 0 Å². The molecule has 0 saturated heterocycles. The molecule has 0 radical (unpaired) electrons. The van der Waals surface area contributed by atoms with Gasteiger partial charge < -0.3 is 19.4 Å².